The van der Waals surface area contributed by atoms with Gasteiger partial charge in [-0.15, -0.1) is 0 Å². The molecule has 5 heterocycles. The Kier molecular flexibility index (Phi) is 18.7. The number of aliphatic hydroxyl groups excluding tert-OH is 8. The van der Waals surface area contributed by atoms with Crippen molar-refractivity contribution < 1.29 is 97.5 Å². The quantitative estimate of drug-likeness (QED) is 0.0573. The molecule has 3 aromatic rings. The van der Waals surface area contributed by atoms with Gasteiger partial charge in [0.1, 0.15) is 72.7 Å². The number of esters is 1. The first-order valence-corrected chi connectivity index (χ1v) is 25.1. The van der Waals surface area contributed by atoms with Crippen molar-refractivity contribution >= 4 is 22.8 Å². The molecule has 73 heavy (non-hydrogen) atoms. The van der Waals surface area contributed by atoms with Gasteiger partial charge in [-0.05, 0) is 68.7 Å². The summed E-state index contributed by atoms with van der Waals surface area (Å²) in [5, 5.41) is 88.3. The summed E-state index contributed by atoms with van der Waals surface area (Å²) in [6.07, 6.45) is -23.5. The first-order chi connectivity index (χ1) is 35.1. The molecule has 0 spiro atoms. The number of carbonyl (C=O) groups is 2. The topological polar surface area (TPSA) is 312 Å². The largest absolute Gasteiger partial charge is 0.450 e. The number of likely N-dealkylation sites (tertiary alicyclic amines) is 1. The van der Waals surface area contributed by atoms with E-state index in [0.717, 1.165) is 6.42 Å². The number of carbonyl (C=O) groups excluding carboxylic acids is 2. The standard InChI is InChI=1S/C51H69NO21/c1-4-11-32(46(61)52-16-10-17-52)67-44-38(57)35(22-54)71-51(45(44)72-47(62)28-12-6-5-7-13-28)69-33-19-27(18-25(2)42(33)73-50-40(59)39(58)36(55)26(3)66-50)23-65-49-41(60)43(37(56)34(21-53)70-49)64-24-30-20-29-14-8-9-15-31(29)68-48(30)63/h5-9,12-15,20,25-27,32-45,49-51,53-60H,4,10-11,16-19,21-24H2,1-3H3/t25-,26?,27?,32-,33+,34?,35?,36+,37+,38-,39?,40?,41?,42?,43?,44?,45?,49-,50-,51+/m0/s1. The summed E-state index contributed by atoms with van der Waals surface area (Å²) in [6, 6.07) is 16.5. The molecule has 404 valence electrons. The Morgan fingerprint density at radius 2 is 1.41 bits per heavy atom. The molecular weight excluding hydrogens is 963 g/mol. The first kappa shape index (κ1) is 55.2. The zero-order chi connectivity index (χ0) is 52.1. The first-order valence-electron chi connectivity index (χ1n) is 25.1. The molecule has 20 atom stereocenters. The maximum atomic E-state index is 13.9. The lowest BCUT2D eigenvalue weighted by molar-refractivity contribution is -0.350. The number of hydrogen-bond acceptors (Lipinski definition) is 21. The molecule has 0 bridgehead atoms. The van der Waals surface area contributed by atoms with Crippen LogP contribution in [-0.2, 0) is 54.0 Å². The summed E-state index contributed by atoms with van der Waals surface area (Å²) in [6.45, 7) is 4.28. The third-order valence-electron chi connectivity index (χ3n) is 14.4. The second kappa shape index (κ2) is 24.7. The summed E-state index contributed by atoms with van der Waals surface area (Å²) in [7, 11) is 0. The minimum Gasteiger partial charge on any atom is -0.450 e. The Balaban J connectivity index is 1.06. The van der Waals surface area contributed by atoms with Gasteiger partial charge >= 0.3 is 11.6 Å². The Morgan fingerprint density at radius 3 is 2.10 bits per heavy atom. The lowest BCUT2D eigenvalue weighted by atomic mass is 9.78. The smallest absolute Gasteiger partial charge is 0.341 e. The summed E-state index contributed by atoms with van der Waals surface area (Å²) < 4.78 is 61.3. The molecule has 4 aliphatic heterocycles. The van der Waals surface area contributed by atoms with Crippen molar-refractivity contribution in [2.75, 3.05) is 32.9 Å². The molecular formula is C51H69NO21. The van der Waals surface area contributed by atoms with Crippen LogP contribution < -0.4 is 5.63 Å². The summed E-state index contributed by atoms with van der Waals surface area (Å²) in [4.78, 5) is 42.1. The molecule has 4 saturated heterocycles. The van der Waals surface area contributed by atoms with E-state index < -0.39 is 147 Å². The van der Waals surface area contributed by atoms with E-state index in [1.165, 1.54) is 19.1 Å². The van der Waals surface area contributed by atoms with Gasteiger partial charge in [0.2, 0.25) is 0 Å². The fourth-order valence-corrected chi connectivity index (χ4v) is 10.2. The van der Waals surface area contributed by atoms with Gasteiger partial charge in [-0.3, -0.25) is 4.79 Å². The monoisotopic (exact) mass is 1030 g/mol. The van der Waals surface area contributed by atoms with Gasteiger partial charge in [0.05, 0.1) is 55.9 Å². The second-order valence-corrected chi connectivity index (χ2v) is 19.7. The molecule has 1 saturated carbocycles. The Hall–Kier alpha value is -4.05. The number of fused-ring (bicyclic) bond motifs is 1. The van der Waals surface area contributed by atoms with Crippen LogP contribution in [0.4, 0.5) is 0 Å². The SMILES string of the molecule is CCC[C@H](OC1C(OC(=O)c2ccccc2)[C@H](O[C@@H]2CC(CO[C@H]3OC(CO)[C@@H](O)C(OCc4cc5ccccc5oc4=O)C3O)C[C@H](C)C2O[C@@H]2OC(C)[C@@H](O)C(O)C2O)OC(CO)[C@@H]1O)C(=O)N1CCC1. The van der Waals surface area contributed by atoms with Gasteiger partial charge in [0, 0.05) is 18.5 Å². The number of benzene rings is 2. The Morgan fingerprint density at radius 1 is 0.726 bits per heavy atom. The van der Waals surface area contributed by atoms with E-state index in [1.807, 2.05) is 13.8 Å². The Bertz CT molecular complexity index is 2320. The molecule has 1 aromatic heterocycles. The third kappa shape index (κ3) is 12.5. The van der Waals surface area contributed by atoms with Crippen LogP contribution in [0.25, 0.3) is 11.0 Å². The van der Waals surface area contributed by atoms with Crippen molar-refractivity contribution in [2.45, 2.75) is 170 Å². The van der Waals surface area contributed by atoms with Crippen LogP contribution in [0.3, 0.4) is 0 Å². The van der Waals surface area contributed by atoms with E-state index in [0.29, 0.717) is 36.9 Å². The highest BCUT2D eigenvalue weighted by Crippen LogP contribution is 2.40. The highest BCUT2D eigenvalue weighted by Gasteiger charge is 2.54. The number of para-hydroxylation sites is 1. The zero-order valence-electron chi connectivity index (χ0n) is 40.9. The fourth-order valence-electron chi connectivity index (χ4n) is 10.2. The summed E-state index contributed by atoms with van der Waals surface area (Å²) >= 11 is 0. The van der Waals surface area contributed by atoms with Crippen LogP contribution in [-0.4, -0.2) is 201 Å². The number of amides is 1. The summed E-state index contributed by atoms with van der Waals surface area (Å²) in [5.74, 6) is -2.13. The van der Waals surface area contributed by atoms with Gasteiger partial charge in [-0.25, -0.2) is 9.59 Å². The average Bonchev–Trinajstić information content (AvgIpc) is 3.36. The van der Waals surface area contributed by atoms with Crippen LogP contribution >= 0.6 is 0 Å². The van der Waals surface area contributed by atoms with E-state index in [-0.39, 0.29) is 43.1 Å². The van der Waals surface area contributed by atoms with Crippen molar-refractivity contribution in [3.8, 4) is 0 Å². The number of rotatable bonds is 19. The average molecular weight is 1030 g/mol. The summed E-state index contributed by atoms with van der Waals surface area (Å²) in [5.41, 5.74) is -0.0610. The molecule has 5 fully saturated rings. The maximum absolute atomic E-state index is 13.9. The van der Waals surface area contributed by atoms with Gasteiger partial charge in [-0.2, -0.15) is 0 Å². The van der Waals surface area contributed by atoms with E-state index in [1.54, 1.807) is 53.4 Å². The molecule has 22 heteroatoms. The van der Waals surface area contributed by atoms with Crippen LogP contribution in [0.5, 0.6) is 0 Å². The van der Waals surface area contributed by atoms with Crippen molar-refractivity contribution in [2.24, 2.45) is 11.8 Å². The van der Waals surface area contributed by atoms with Crippen molar-refractivity contribution in [1.82, 2.24) is 4.90 Å². The van der Waals surface area contributed by atoms with Crippen molar-refractivity contribution in [1.29, 1.82) is 0 Å². The molecule has 1 amide bonds. The van der Waals surface area contributed by atoms with Crippen molar-refractivity contribution in [3.05, 3.63) is 82.2 Å². The fraction of sp³-hybridized carbons (Fsp3) is 0.667. The second-order valence-electron chi connectivity index (χ2n) is 19.7. The van der Waals surface area contributed by atoms with E-state index in [9.17, 15) is 55.2 Å². The highest BCUT2D eigenvalue weighted by atomic mass is 16.8. The predicted octanol–water partition coefficient (Wildman–Crippen LogP) is -0.132. The molecule has 8 rings (SSSR count). The van der Waals surface area contributed by atoms with Gasteiger partial charge in [0.15, 0.2) is 25.0 Å². The van der Waals surface area contributed by atoms with Crippen LogP contribution in [0.2, 0.25) is 0 Å². The third-order valence-corrected chi connectivity index (χ3v) is 14.4. The van der Waals surface area contributed by atoms with Gasteiger partial charge < -0.3 is 92.8 Å². The molecule has 1 aliphatic carbocycles. The zero-order valence-corrected chi connectivity index (χ0v) is 40.9. The number of nitrogens with zero attached hydrogens (tertiary/aromatic N) is 1. The van der Waals surface area contributed by atoms with Crippen LogP contribution in [0, 0.1) is 11.8 Å². The van der Waals surface area contributed by atoms with Crippen molar-refractivity contribution in [3.63, 3.8) is 0 Å². The lowest BCUT2D eigenvalue weighted by Crippen LogP contribution is -2.64. The number of aliphatic hydroxyl groups is 8. The molecule has 8 N–H and O–H groups in total. The molecule has 2 aromatic carbocycles. The molecule has 22 nitrogen and oxygen atoms in total. The minimum absolute atomic E-state index is 0.0497. The van der Waals surface area contributed by atoms with Crippen LogP contribution in [0.1, 0.15) is 68.8 Å². The van der Waals surface area contributed by atoms with E-state index in [2.05, 4.69) is 0 Å². The van der Waals surface area contributed by atoms with E-state index in [4.69, 9.17) is 47.0 Å². The van der Waals surface area contributed by atoms with Gasteiger partial charge in [0.25, 0.3) is 5.91 Å². The maximum Gasteiger partial charge on any atom is 0.341 e. The number of ether oxygens (including phenoxy) is 9. The molecule has 0 radical (unpaired) electrons. The molecule has 11 unspecified atom stereocenters. The van der Waals surface area contributed by atoms with Gasteiger partial charge in [-0.1, -0.05) is 56.7 Å². The lowest BCUT2D eigenvalue weighted by Gasteiger charge is -2.49. The highest BCUT2D eigenvalue weighted by molar-refractivity contribution is 5.89. The molecule has 5 aliphatic rings. The minimum atomic E-state index is -1.71. The van der Waals surface area contributed by atoms with E-state index >= 15 is 0 Å². The Labute approximate surface area is 421 Å². The predicted molar refractivity (Wildman–Crippen MR) is 251 cm³/mol. The van der Waals surface area contributed by atoms with Crippen LogP contribution in [0.15, 0.2) is 69.9 Å². The normalized spacial score (nSPS) is 37.4. The number of hydrogen-bond donors (Lipinski definition) is 8.